The predicted octanol–water partition coefficient (Wildman–Crippen LogP) is 5.09. The molecule has 0 N–H and O–H groups in total. The van der Waals surface area contributed by atoms with Gasteiger partial charge in [0, 0.05) is 13.2 Å². The van der Waals surface area contributed by atoms with Crippen LogP contribution < -0.4 is 9.64 Å². The summed E-state index contributed by atoms with van der Waals surface area (Å²) in [7, 11) is 1.62. The van der Waals surface area contributed by atoms with Crippen LogP contribution in [-0.2, 0) is 6.18 Å². The van der Waals surface area contributed by atoms with Crippen LogP contribution in [0.15, 0.2) is 30.5 Å². The number of halogens is 4. The lowest BCUT2D eigenvalue weighted by Gasteiger charge is -2.21. The van der Waals surface area contributed by atoms with E-state index in [0.717, 1.165) is 6.20 Å². The minimum Gasteiger partial charge on any atom is -0.474 e. The molecule has 0 saturated heterocycles. The van der Waals surface area contributed by atoms with E-state index in [-0.39, 0.29) is 5.95 Å². The average molecular weight is 360 g/mol. The summed E-state index contributed by atoms with van der Waals surface area (Å²) in [6.07, 6.45) is -3.71. The zero-order valence-corrected chi connectivity index (χ0v) is 14.2. The Bertz CT molecular complexity index is 709. The maximum atomic E-state index is 13.1. The molecule has 1 atom stereocenters. The smallest absolute Gasteiger partial charge is 0.423 e. The number of alkyl halides is 3. The third-order valence-electron chi connectivity index (χ3n) is 3.45. The van der Waals surface area contributed by atoms with Crippen LogP contribution in [0.4, 0.5) is 24.8 Å². The van der Waals surface area contributed by atoms with Crippen molar-refractivity contribution in [1.29, 1.82) is 0 Å². The summed E-state index contributed by atoms with van der Waals surface area (Å²) in [6, 6.07) is 6.91. The van der Waals surface area contributed by atoms with Crippen molar-refractivity contribution in [3.63, 3.8) is 0 Å². The summed E-state index contributed by atoms with van der Waals surface area (Å²) >= 11 is 6.11. The molecule has 8 heteroatoms. The fourth-order valence-corrected chi connectivity index (χ4v) is 2.17. The van der Waals surface area contributed by atoms with Crippen LogP contribution >= 0.6 is 11.6 Å². The molecule has 0 spiro atoms. The summed E-state index contributed by atoms with van der Waals surface area (Å²) in [5, 5.41) is 0.438. The van der Waals surface area contributed by atoms with E-state index >= 15 is 0 Å². The number of nitrogens with zero attached hydrogens (tertiary/aromatic N) is 3. The Morgan fingerprint density at radius 1 is 1.29 bits per heavy atom. The Morgan fingerprint density at radius 2 is 1.96 bits per heavy atom. The van der Waals surface area contributed by atoms with Gasteiger partial charge in [0.1, 0.15) is 5.56 Å². The molecule has 130 valence electrons. The van der Waals surface area contributed by atoms with Crippen LogP contribution in [0, 0.1) is 0 Å². The Kier molecular flexibility index (Phi) is 5.54. The van der Waals surface area contributed by atoms with Crippen LogP contribution in [0.5, 0.6) is 5.88 Å². The lowest BCUT2D eigenvalue weighted by Crippen LogP contribution is -2.20. The monoisotopic (exact) mass is 359 g/mol. The number of aromatic nitrogens is 2. The number of para-hydroxylation sites is 1. The van der Waals surface area contributed by atoms with Crippen molar-refractivity contribution >= 4 is 23.2 Å². The quantitative estimate of drug-likeness (QED) is 0.745. The van der Waals surface area contributed by atoms with E-state index in [2.05, 4.69) is 9.97 Å². The van der Waals surface area contributed by atoms with Gasteiger partial charge in [-0.25, -0.2) is 4.98 Å². The minimum absolute atomic E-state index is 0.0643. The second kappa shape index (κ2) is 7.25. The second-order valence-electron chi connectivity index (χ2n) is 5.23. The highest BCUT2D eigenvalue weighted by molar-refractivity contribution is 6.33. The standard InChI is InChI=1S/C16H17ClF3N3O/c1-4-10(2)24-14-11(16(18,19)20)9-21-15(22-14)23(3)13-8-6-5-7-12(13)17/h5-10H,4H2,1-3H3. The highest BCUT2D eigenvalue weighted by Crippen LogP contribution is 2.37. The highest BCUT2D eigenvalue weighted by Gasteiger charge is 2.37. The minimum atomic E-state index is -4.59. The number of hydrogen-bond donors (Lipinski definition) is 0. The summed E-state index contributed by atoms with van der Waals surface area (Å²) in [5.74, 6) is -0.421. The lowest BCUT2D eigenvalue weighted by molar-refractivity contribution is -0.139. The number of rotatable bonds is 5. The fourth-order valence-electron chi connectivity index (χ4n) is 1.91. The zero-order valence-electron chi connectivity index (χ0n) is 13.4. The lowest BCUT2D eigenvalue weighted by atomic mass is 10.3. The molecule has 0 radical (unpaired) electrons. The van der Waals surface area contributed by atoms with Gasteiger partial charge in [-0.3, -0.25) is 0 Å². The van der Waals surface area contributed by atoms with Crippen molar-refractivity contribution < 1.29 is 17.9 Å². The van der Waals surface area contributed by atoms with Gasteiger partial charge >= 0.3 is 6.18 Å². The molecular formula is C16H17ClF3N3O. The maximum absolute atomic E-state index is 13.1. The molecule has 0 fully saturated rings. The SMILES string of the molecule is CCC(C)Oc1nc(N(C)c2ccccc2Cl)ncc1C(F)(F)F. The van der Waals surface area contributed by atoms with Crippen LogP contribution in [-0.4, -0.2) is 23.1 Å². The zero-order chi connectivity index (χ0) is 17.9. The molecule has 0 amide bonds. The summed E-state index contributed by atoms with van der Waals surface area (Å²) < 4.78 is 44.7. The second-order valence-corrected chi connectivity index (χ2v) is 5.64. The predicted molar refractivity (Wildman–Crippen MR) is 86.9 cm³/mol. The first kappa shape index (κ1) is 18.3. The van der Waals surface area contributed by atoms with Crippen molar-refractivity contribution in [3.8, 4) is 5.88 Å². The molecule has 2 aromatic rings. The Balaban J connectivity index is 2.45. The van der Waals surface area contributed by atoms with Gasteiger partial charge in [0.2, 0.25) is 11.8 Å². The van der Waals surface area contributed by atoms with Gasteiger partial charge in [-0.2, -0.15) is 18.2 Å². The first-order valence-electron chi connectivity index (χ1n) is 7.33. The first-order chi connectivity index (χ1) is 11.2. The summed E-state index contributed by atoms with van der Waals surface area (Å²) in [5.41, 5.74) is -0.424. The molecule has 0 bridgehead atoms. The van der Waals surface area contributed by atoms with E-state index in [1.807, 2.05) is 6.92 Å². The number of benzene rings is 1. The third kappa shape index (κ3) is 4.08. The van der Waals surface area contributed by atoms with Crippen molar-refractivity contribution in [3.05, 3.63) is 41.0 Å². The number of ether oxygens (including phenoxy) is 1. The van der Waals surface area contributed by atoms with E-state index < -0.39 is 23.7 Å². The third-order valence-corrected chi connectivity index (χ3v) is 3.77. The highest BCUT2D eigenvalue weighted by atomic mass is 35.5. The topological polar surface area (TPSA) is 38.2 Å². The van der Waals surface area contributed by atoms with Crippen LogP contribution in [0.2, 0.25) is 5.02 Å². The van der Waals surface area contributed by atoms with Crippen LogP contribution in [0.1, 0.15) is 25.8 Å². The molecule has 2 rings (SSSR count). The van der Waals surface area contributed by atoms with E-state index in [0.29, 0.717) is 17.1 Å². The van der Waals surface area contributed by atoms with E-state index in [1.165, 1.54) is 4.90 Å². The Hall–Kier alpha value is -2.02. The summed E-state index contributed by atoms with van der Waals surface area (Å²) in [6.45, 7) is 3.50. The number of anilines is 2. The average Bonchev–Trinajstić information content (AvgIpc) is 2.53. The van der Waals surface area contributed by atoms with Crippen LogP contribution in [0.25, 0.3) is 0 Å². The Morgan fingerprint density at radius 3 is 2.54 bits per heavy atom. The van der Waals surface area contributed by atoms with Gasteiger partial charge in [-0.15, -0.1) is 0 Å². The fraction of sp³-hybridized carbons (Fsp3) is 0.375. The summed E-state index contributed by atoms with van der Waals surface area (Å²) in [4.78, 5) is 9.28. The van der Waals surface area contributed by atoms with E-state index in [4.69, 9.17) is 16.3 Å². The largest absolute Gasteiger partial charge is 0.474 e. The van der Waals surface area contributed by atoms with Crippen molar-refractivity contribution in [2.45, 2.75) is 32.5 Å². The molecular weight excluding hydrogens is 343 g/mol. The molecule has 0 aliphatic rings. The molecule has 1 heterocycles. The molecule has 0 aliphatic carbocycles. The molecule has 4 nitrogen and oxygen atoms in total. The van der Waals surface area contributed by atoms with Gasteiger partial charge in [0.15, 0.2) is 0 Å². The molecule has 1 unspecified atom stereocenters. The van der Waals surface area contributed by atoms with Crippen molar-refractivity contribution in [2.24, 2.45) is 0 Å². The van der Waals surface area contributed by atoms with Crippen LogP contribution in [0.3, 0.4) is 0 Å². The normalized spacial score (nSPS) is 12.8. The maximum Gasteiger partial charge on any atom is 0.423 e. The van der Waals surface area contributed by atoms with Crippen molar-refractivity contribution in [1.82, 2.24) is 9.97 Å². The van der Waals surface area contributed by atoms with Gasteiger partial charge in [0.25, 0.3) is 0 Å². The first-order valence-corrected chi connectivity index (χ1v) is 7.71. The van der Waals surface area contributed by atoms with Gasteiger partial charge in [-0.1, -0.05) is 30.7 Å². The Labute approximate surface area is 143 Å². The molecule has 24 heavy (non-hydrogen) atoms. The van der Waals surface area contributed by atoms with E-state index in [9.17, 15) is 13.2 Å². The molecule has 1 aromatic heterocycles. The van der Waals surface area contributed by atoms with Crippen molar-refractivity contribution in [2.75, 3.05) is 11.9 Å². The van der Waals surface area contributed by atoms with Gasteiger partial charge in [0.05, 0.1) is 16.8 Å². The van der Waals surface area contributed by atoms with Gasteiger partial charge < -0.3 is 9.64 Å². The molecule has 0 saturated carbocycles. The van der Waals surface area contributed by atoms with E-state index in [1.54, 1.807) is 38.2 Å². The molecule has 0 aliphatic heterocycles. The van der Waals surface area contributed by atoms with Gasteiger partial charge in [-0.05, 0) is 25.5 Å². The number of hydrogen-bond acceptors (Lipinski definition) is 4. The molecule has 1 aromatic carbocycles.